The van der Waals surface area contributed by atoms with Crippen molar-refractivity contribution in [1.29, 1.82) is 5.26 Å². The number of benzene rings is 2. The quantitative estimate of drug-likeness (QED) is 0.807. The summed E-state index contributed by atoms with van der Waals surface area (Å²) in [5.41, 5.74) is -0.343. The van der Waals surface area contributed by atoms with Gasteiger partial charge in [-0.2, -0.15) is 18.4 Å². The zero-order valence-corrected chi connectivity index (χ0v) is 15.0. The van der Waals surface area contributed by atoms with Crippen LogP contribution in [0, 0.1) is 17.1 Å². The minimum absolute atomic E-state index is 0.0663. The number of rotatable bonds is 4. The van der Waals surface area contributed by atoms with Crippen LogP contribution in [0.1, 0.15) is 22.8 Å². The molecule has 1 fully saturated rings. The van der Waals surface area contributed by atoms with E-state index in [1.54, 1.807) is 12.1 Å². The summed E-state index contributed by atoms with van der Waals surface area (Å²) >= 11 is 0. The van der Waals surface area contributed by atoms with Crippen molar-refractivity contribution in [2.45, 2.75) is 12.3 Å². The highest BCUT2D eigenvalue weighted by Crippen LogP contribution is 2.34. The first-order chi connectivity index (χ1) is 13.3. The van der Waals surface area contributed by atoms with Gasteiger partial charge in [-0.05, 0) is 29.8 Å². The van der Waals surface area contributed by atoms with Gasteiger partial charge in [-0.15, -0.1) is 0 Å². The molecule has 0 aromatic heterocycles. The zero-order chi connectivity index (χ0) is 20.3. The second-order valence-corrected chi connectivity index (χ2v) is 6.67. The maximum Gasteiger partial charge on any atom is 0.416 e. The van der Waals surface area contributed by atoms with Crippen LogP contribution >= 0.6 is 0 Å². The van der Waals surface area contributed by atoms with Crippen molar-refractivity contribution in [3.8, 4) is 6.07 Å². The number of aliphatic hydroxyl groups excluding tert-OH is 1. The third-order valence-corrected chi connectivity index (χ3v) is 4.85. The lowest BCUT2D eigenvalue weighted by Crippen LogP contribution is -2.47. The minimum Gasteiger partial charge on any atom is -0.387 e. The molecule has 1 atom stereocenters. The molecule has 1 heterocycles. The second-order valence-electron chi connectivity index (χ2n) is 6.67. The van der Waals surface area contributed by atoms with Crippen LogP contribution in [0.4, 0.5) is 23.2 Å². The fourth-order valence-corrected chi connectivity index (χ4v) is 3.39. The molecule has 0 saturated carbocycles. The zero-order valence-electron chi connectivity index (χ0n) is 15.0. The third kappa shape index (κ3) is 4.43. The number of β-amino-alcohol motifs (C(OH)–C–C–N with tert-alkyl or cyclic N) is 1. The van der Waals surface area contributed by atoms with E-state index >= 15 is 0 Å². The van der Waals surface area contributed by atoms with Gasteiger partial charge in [0.05, 0.1) is 29.0 Å². The molecule has 0 amide bonds. The lowest BCUT2D eigenvalue weighted by molar-refractivity contribution is -0.139. The molecule has 2 aromatic carbocycles. The van der Waals surface area contributed by atoms with Gasteiger partial charge in [0.15, 0.2) is 0 Å². The summed E-state index contributed by atoms with van der Waals surface area (Å²) in [5, 5.41) is 19.2. The summed E-state index contributed by atoms with van der Waals surface area (Å²) in [6.07, 6.45) is -5.79. The van der Waals surface area contributed by atoms with Crippen LogP contribution in [0.25, 0.3) is 0 Å². The summed E-state index contributed by atoms with van der Waals surface area (Å²) < 4.78 is 53.5. The average Bonchev–Trinajstić information content (AvgIpc) is 2.68. The number of hydrogen-bond acceptors (Lipinski definition) is 4. The molecule has 1 aliphatic heterocycles. The first-order valence-electron chi connectivity index (χ1n) is 8.80. The molecule has 0 radical (unpaired) electrons. The van der Waals surface area contributed by atoms with Crippen molar-refractivity contribution in [3.05, 3.63) is 65.0 Å². The Morgan fingerprint density at radius 2 is 1.75 bits per heavy atom. The molecule has 2 aromatic rings. The number of hydrogen-bond donors (Lipinski definition) is 1. The maximum absolute atomic E-state index is 14.2. The van der Waals surface area contributed by atoms with Crippen molar-refractivity contribution in [2.24, 2.45) is 0 Å². The molecule has 28 heavy (non-hydrogen) atoms. The lowest BCUT2D eigenvalue weighted by Gasteiger charge is -2.37. The van der Waals surface area contributed by atoms with E-state index in [1.165, 1.54) is 24.3 Å². The number of piperazine rings is 1. The lowest BCUT2D eigenvalue weighted by atomic mass is 10.0. The summed E-state index contributed by atoms with van der Waals surface area (Å²) in [7, 11) is 0. The van der Waals surface area contributed by atoms with Crippen LogP contribution in [-0.4, -0.2) is 42.7 Å². The minimum atomic E-state index is -4.52. The van der Waals surface area contributed by atoms with E-state index in [0.717, 1.165) is 6.07 Å². The van der Waals surface area contributed by atoms with E-state index < -0.39 is 23.7 Å². The molecule has 148 valence electrons. The van der Waals surface area contributed by atoms with E-state index in [1.807, 2.05) is 15.9 Å². The predicted molar refractivity (Wildman–Crippen MR) is 96.2 cm³/mol. The van der Waals surface area contributed by atoms with Crippen molar-refractivity contribution in [2.75, 3.05) is 37.6 Å². The molecule has 1 N–H and O–H groups in total. The van der Waals surface area contributed by atoms with Crippen molar-refractivity contribution in [3.63, 3.8) is 0 Å². The molecular formula is C20H19F4N3O. The Balaban J connectivity index is 1.63. The standard InChI is InChI=1S/C20H19F4N3O/c21-17-11-14(12-25)5-6-18(17)27-9-7-26(8-10-27)13-19(28)15-3-1-2-4-16(15)20(22,23)24/h1-6,11,19,28H,7-10,13H2. The van der Waals surface area contributed by atoms with E-state index in [-0.39, 0.29) is 17.7 Å². The smallest absolute Gasteiger partial charge is 0.387 e. The number of aliphatic hydroxyl groups is 1. The Labute approximate surface area is 160 Å². The normalized spacial score (nSPS) is 16.6. The van der Waals surface area contributed by atoms with Crippen LogP contribution in [0.2, 0.25) is 0 Å². The average molecular weight is 393 g/mol. The van der Waals surface area contributed by atoms with Gasteiger partial charge >= 0.3 is 6.18 Å². The van der Waals surface area contributed by atoms with Gasteiger partial charge in [0.1, 0.15) is 5.82 Å². The van der Waals surface area contributed by atoms with Crippen LogP contribution in [0.15, 0.2) is 42.5 Å². The molecule has 8 heteroatoms. The molecule has 1 saturated heterocycles. The summed E-state index contributed by atoms with van der Waals surface area (Å²) in [4.78, 5) is 3.68. The largest absolute Gasteiger partial charge is 0.416 e. The van der Waals surface area contributed by atoms with E-state index in [4.69, 9.17) is 5.26 Å². The Hall–Kier alpha value is -2.63. The molecular weight excluding hydrogens is 374 g/mol. The molecule has 4 nitrogen and oxygen atoms in total. The first kappa shape index (κ1) is 20.1. The number of alkyl halides is 3. The molecule has 1 unspecified atom stereocenters. The van der Waals surface area contributed by atoms with Crippen LogP contribution in [0.3, 0.4) is 0 Å². The molecule has 0 aliphatic carbocycles. The Bertz CT molecular complexity index is 870. The first-order valence-corrected chi connectivity index (χ1v) is 8.80. The second kappa shape index (κ2) is 8.17. The fourth-order valence-electron chi connectivity index (χ4n) is 3.39. The van der Waals surface area contributed by atoms with Gasteiger partial charge in [-0.25, -0.2) is 4.39 Å². The fraction of sp³-hybridized carbons (Fsp3) is 0.350. The van der Waals surface area contributed by atoms with Gasteiger partial charge in [-0.1, -0.05) is 18.2 Å². The van der Waals surface area contributed by atoms with Crippen molar-refractivity contribution < 1.29 is 22.7 Å². The highest BCUT2D eigenvalue weighted by molar-refractivity contribution is 5.51. The van der Waals surface area contributed by atoms with E-state index in [0.29, 0.717) is 31.9 Å². The van der Waals surface area contributed by atoms with Crippen molar-refractivity contribution in [1.82, 2.24) is 4.90 Å². The molecule has 3 rings (SSSR count). The van der Waals surface area contributed by atoms with Crippen LogP contribution < -0.4 is 4.90 Å². The molecule has 0 bridgehead atoms. The van der Waals surface area contributed by atoms with Gasteiger partial charge in [0, 0.05) is 32.7 Å². The Morgan fingerprint density at radius 3 is 2.36 bits per heavy atom. The summed E-state index contributed by atoms with van der Waals surface area (Å²) in [6, 6.07) is 11.2. The van der Waals surface area contributed by atoms with Gasteiger partial charge in [0.2, 0.25) is 0 Å². The van der Waals surface area contributed by atoms with Gasteiger partial charge in [0.25, 0.3) is 0 Å². The molecule has 0 spiro atoms. The SMILES string of the molecule is N#Cc1ccc(N2CCN(CC(O)c3ccccc3C(F)(F)F)CC2)c(F)c1. The Morgan fingerprint density at radius 1 is 1.07 bits per heavy atom. The number of halogens is 4. The maximum atomic E-state index is 14.2. The van der Waals surface area contributed by atoms with Crippen molar-refractivity contribution >= 4 is 5.69 Å². The topological polar surface area (TPSA) is 50.5 Å². The van der Waals surface area contributed by atoms with Crippen LogP contribution in [0.5, 0.6) is 0 Å². The Kier molecular flexibility index (Phi) is 5.87. The predicted octanol–water partition coefficient (Wildman–Crippen LogP) is 3.57. The highest BCUT2D eigenvalue weighted by atomic mass is 19.4. The highest BCUT2D eigenvalue weighted by Gasteiger charge is 2.35. The monoisotopic (exact) mass is 393 g/mol. The number of anilines is 1. The number of nitriles is 1. The third-order valence-electron chi connectivity index (χ3n) is 4.85. The molecule has 1 aliphatic rings. The van der Waals surface area contributed by atoms with Gasteiger partial charge < -0.3 is 10.0 Å². The van der Waals surface area contributed by atoms with E-state index in [2.05, 4.69) is 0 Å². The van der Waals surface area contributed by atoms with Gasteiger partial charge in [-0.3, -0.25) is 4.90 Å². The summed E-state index contributed by atoms with van der Waals surface area (Å²) in [5.74, 6) is -0.480. The summed E-state index contributed by atoms with van der Waals surface area (Å²) in [6.45, 7) is 1.96. The van der Waals surface area contributed by atoms with E-state index in [9.17, 15) is 22.7 Å². The van der Waals surface area contributed by atoms with Crippen LogP contribution in [-0.2, 0) is 6.18 Å². The number of nitrogens with zero attached hydrogens (tertiary/aromatic N) is 3.